The van der Waals surface area contributed by atoms with E-state index in [-0.39, 0.29) is 6.54 Å². The van der Waals surface area contributed by atoms with Gasteiger partial charge in [0.2, 0.25) is 0 Å². The van der Waals surface area contributed by atoms with E-state index in [1.807, 2.05) is 12.1 Å². The Kier molecular flexibility index (Phi) is 3.96. The number of nitrogens with zero attached hydrogens (tertiary/aromatic N) is 2. The minimum atomic E-state index is -4.44. The van der Waals surface area contributed by atoms with Crippen molar-refractivity contribution in [3.8, 4) is 0 Å². The van der Waals surface area contributed by atoms with Crippen LogP contribution in [0.25, 0.3) is 0 Å². The molecule has 3 nitrogen and oxygen atoms in total. The van der Waals surface area contributed by atoms with Crippen molar-refractivity contribution in [1.82, 2.24) is 9.78 Å². The number of rotatable bonds is 3. The van der Waals surface area contributed by atoms with Gasteiger partial charge in [0.25, 0.3) is 0 Å². The second-order valence-electron chi connectivity index (χ2n) is 3.98. The predicted octanol–water partition coefficient (Wildman–Crippen LogP) is 3.21. The van der Waals surface area contributed by atoms with Crippen LogP contribution >= 0.6 is 15.9 Å². The van der Waals surface area contributed by atoms with Crippen LogP contribution in [0.3, 0.4) is 0 Å². The van der Waals surface area contributed by atoms with Crippen molar-refractivity contribution < 1.29 is 13.2 Å². The number of aromatic nitrogens is 2. The molecular weight excluding hydrogens is 323 g/mol. The van der Waals surface area contributed by atoms with Gasteiger partial charge in [-0.3, -0.25) is 4.68 Å². The molecule has 0 saturated carbocycles. The van der Waals surface area contributed by atoms with Gasteiger partial charge in [0.05, 0.1) is 6.04 Å². The van der Waals surface area contributed by atoms with Gasteiger partial charge in [0, 0.05) is 17.2 Å². The van der Waals surface area contributed by atoms with E-state index in [1.165, 1.54) is 10.9 Å². The Morgan fingerprint density at radius 1 is 1.21 bits per heavy atom. The van der Waals surface area contributed by atoms with Crippen molar-refractivity contribution in [3.63, 3.8) is 0 Å². The van der Waals surface area contributed by atoms with E-state index < -0.39 is 17.9 Å². The molecule has 0 radical (unpaired) electrons. The summed E-state index contributed by atoms with van der Waals surface area (Å²) in [6.45, 7) is 0.167. The van der Waals surface area contributed by atoms with Crippen LogP contribution in [0.4, 0.5) is 13.2 Å². The van der Waals surface area contributed by atoms with E-state index in [2.05, 4.69) is 21.0 Å². The normalized spacial score (nSPS) is 13.5. The van der Waals surface area contributed by atoms with Gasteiger partial charge in [-0.05, 0) is 23.8 Å². The molecule has 0 saturated heterocycles. The zero-order chi connectivity index (χ0) is 14.0. The topological polar surface area (TPSA) is 43.8 Å². The molecule has 0 fully saturated rings. The number of hydrogen-bond donors (Lipinski definition) is 1. The van der Waals surface area contributed by atoms with Crippen LogP contribution in [0.2, 0.25) is 0 Å². The maximum Gasteiger partial charge on any atom is 0.435 e. The zero-order valence-electron chi connectivity index (χ0n) is 9.73. The molecule has 2 rings (SSSR count). The first-order valence-corrected chi connectivity index (χ1v) is 6.29. The third kappa shape index (κ3) is 3.16. The monoisotopic (exact) mass is 333 g/mol. The fraction of sp³-hybridized carbons (Fsp3) is 0.250. The van der Waals surface area contributed by atoms with Crippen LogP contribution in [-0.4, -0.2) is 16.3 Å². The molecule has 0 amide bonds. The Morgan fingerprint density at radius 2 is 1.84 bits per heavy atom. The fourth-order valence-corrected chi connectivity index (χ4v) is 2.01. The Morgan fingerprint density at radius 3 is 2.32 bits per heavy atom. The minimum Gasteiger partial charge on any atom is -0.328 e. The Balaban J connectivity index is 2.32. The first kappa shape index (κ1) is 14.1. The molecular formula is C12H11BrF3N3. The van der Waals surface area contributed by atoms with Crippen LogP contribution in [0.5, 0.6) is 0 Å². The third-order valence-corrected chi connectivity index (χ3v) is 3.22. The Hall–Kier alpha value is -1.34. The van der Waals surface area contributed by atoms with Crippen molar-refractivity contribution in [2.24, 2.45) is 5.73 Å². The van der Waals surface area contributed by atoms with Crippen molar-refractivity contribution >= 4 is 15.9 Å². The SMILES string of the molecule is NCC(c1ccc(Br)cc1)n1ccc(C(F)(F)F)n1. The highest BCUT2D eigenvalue weighted by molar-refractivity contribution is 9.10. The number of alkyl halides is 3. The van der Waals surface area contributed by atoms with Crippen molar-refractivity contribution in [2.45, 2.75) is 12.2 Å². The summed E-state index contributed by atoms with van der Waals surface area (Å²) < 4.78 is 39.7. The number of halogens is 4. The molecule has 1 heterocycles. The van der Waals surface area contributed by atoms with E-state index >= 15 is 0 Å². The van der Waals surface area contributed by atoms with E-state index in [0.29, 0.717) is 0 Å². The molecule has 0 bridgehead atoms. The standard InChI is InChI=1S/C12H11BrF3N3/c13-9-3-1-8(2-4-9)10(7-17)19-6-5-11(18-19)12(14,15)16/h1-6,10H,7,17H2. The summed E-state index contributed by atoms with van der Waals surface area (Å²) in [5.41, 5.74) is 5.53. The summed E-state index contributed by atoms with van der Waals surface area (Å²) in [5, 5.41) is 3.55. The largest absolute Gasteiger partial charge is 0.435 e. The van der Waals surface area contributed by atoms with E-state index in [1.54, 1.807) is 12.1 Å². The lowest BCUT2D eigenvalue weighted by Gasteiger charge is -2.16. The molecule has 0 aliphatic carbocycles. The van der Waals surface area contributed by atoms with Crippen LogP contribution in [0.15, 0.2) is 41.0 Å². The Bertz CT molecular complexity index is 548. The van der Waals surface area contributed by atoms with Gasteiger partial charge in [-0.1, -0.05) is 28.1 Å². The van der Waals surface area contributed by atoms with Crippen molar-refractivity contribution in [3.05, 3.63) is 52.3 Å². The van der Waals surface area contributed by atoms with Crippen LogP contribution in [0.1, 0.15) is 17.3 Å². The first-order valence-electron chi connectivity index (χ1n) is 5.49. The molecule has 1 atom stereocenters. The highest BCUT2D eigenvalue weighted by Crippen LogP contribution is 2.28. The second-order valence-corrected chi connectivity index (χ2v) is 4.90. The molecule has 19 heavy (non-hydrogen) atoms. The molecule has 0 spiro atoms. The Labute approximate surface area is 116 Å². The van der Waals surface area contributed by atoms with Crippen molar-refractivity contribution in [1.29, 1.82) is 0 Å². The van der Waals surface area contributed by atoms with Gasteiger partial charge >= 0.3 is 6.18 Å². The summed E-state index contributed by atoms with van der Waals surface area (Å²) in [6.07, 6.45) is -3.15. The maximum absolute atomic E-state index is 12.5. The summed E-state index contributed by atoms with van der Waals surface area (Å²) >= 11 is 3.30. The van der Waals surface area contributed by atoms with Gasteiger partial charge in [-0.25, -0.2) is 0 Å². The summed E-state index contributed by atoms with van der Waals surface area (Å²) in [5.74, 6) is 0. The quantitative estimate of drug-likeness (QED) is 0.937. The van der Waals surface area contributed by atoms with Gasteiger partial charge < -0.3 is 5.73 Å². The predicted molar refractivity (Wildman–Crippen MR) is 68.6 cm³/mol. The summed E-state index contributed by atoms with van der Waals surface area (Å²) in [4.78, 5) is 0. The second kappa shape index (κ2) is 5.34. The maximum atomic E-state index is 12.5. The molecule has 2 aromatic rings. The van der Waals surface area contributed by atoms with Gasteiger partial charge in [-0.2, -0.15) is 18.3 Å². The average molecular weight is 334 g/mol. The lowest BCUT2D eigenvalue weighted by molar-refractivity contribution is -0.141. The van der Waals surface area contributed by atoms with E-state index in [4.69, 9.17) is 5.73 Å². The number of benzene rings is 1. The zero-order valence-corrected chi connectivity index (χ0v) is 11.3. The first-order chi connectivity index (χ1) is 8.91. The molecule has 1 aromatic heterocycles. The molecule has 0 aliphatic rings. The highest BCUT2D eigenvalue weighted by atomic mass is 79.9. The van der Waals surface area contributed by atoms with E-state index in [0.717, 1.165) is 16.1 Å². The van der Waals surface area contributed by atoms with Crippen molar-refractivity contribution in [2.75, 3.05) is 6.54 Å². The van der Waals surface area contributed by atoms with Gasteiger partial charge in [0.15, 0.2) is 5.69 Å². The molecule has 7 heteroatoms. The lowest BCUT2D eigenvalue weighted by atomic mass is 10.1. The van der Waals surface area contributed by atoms with E-state index in [9.17, 15) is 13.2 Å². The van der Waals surface area contributed by atoms with Gasteiger partial charge in [0.1, 0.15) is 0 Å². The average Bonchev–Trinajstić information content (AvgIpc) is 2.82. The summed E-state index contributed by atoms with van der Waals surface area (Å²) in [7, 11) is 0. The molecule has 102 valence electrons. The minimum absolute atomic E-state index is 0.167. The number of hydrogen-bond acceptors (Lipinski definition) is 2. The smallest absolute Gasteiger partial charge is 0.328 e. The molecule has 2 N–H and O–H groups in total. The van der Waals surface area contributed by atoms with Crippen LogP contribution in [0, 0.1) is 0 Å². The lowest BCUT2D eigenvalue weighted by Crippen LogP contribution is -2.21. The number of nitrogens with two attached hydrogens (primary N) is 1. The summed E-state index contributed by atoms with van der Waals surface area (Å²) in [6, 6.07) is 7.76. The molecule has 0 aliphatic heterocycles. The van der Waals surface area contributed by atoms with Gasteiger partial charge in [-0.15, -0.1) is 0 Å². The fourth-order valence-electron chi connectivity index (χ4n) is 1.74. The highest BCUT2D eigenvalue weighted by Gasteiger charge is 2.34. The van der Waals surface area contributed by atoms with Crippen LogP contribution in [-0.2, 0) is 6.18 Å². The van der Waals surface area contributed by atoms with Crippen LogP contribution < -0.4 is 5.73 Å². The molecule has 1 aromatic carbocycles. The molecule has 1 unspecified atom stereocenters. The third-order valence-electron chi connectivity index (χ3n) is 2.70.